The molecular weight excluding hydrogens is 334 g/mol. The maximum Gasteiger partial charge on any atom is 0.418 e. The van der Waals surface area contributed by atoms with E-state index in [4.69, 9.17) is 0 Å². The van der Waals surface area contributed by atoms with Gasteiger partial charge < -0.3 is 0 Å². The predicted octanol–water partition coefficient (Wildman–Crippen LogP) is 6.76. The van der Waals surface area contributed by atoms with Gasteiger partial charge in [-0.1, -0.05) is 23.3 Å². The van der Waals surface area contributed by atoms with E-state index in [-0.39, 0.29) is 0 Å². The minimum atomic E-state index is -4.68. The van der Waals surface area contributed by atoms with Crippen molar-refractivity contribution in [1.82, 2.24) is 0 Å². The lowest BCUT2D eigenvalue weighted by molar-refractivity contribution is -0.138. The van der Waals surface area contributed by atoms with Gasteiger partial charge in [0.2, 0.25) is 0 Å². The highest BCUT2D eigenvalue weighted by atomic mass is 19.4. The zero-order chi connectivity index (χ0) is 18.1. The first-order valence-corrected chi connectivity index (χ1v) is 6.76. The molecule has 128 valence electrons. The number of aryl methyl sites for hydroxylation is 2. The predicted molar refractivity (Wildman–Crippen MR) is 76.5 cm³/mol. The fourth-order valence-corrected chi connectivity index (χ4v) is 2.04. The lowest BCUT2D eigenvalue weighted by atomic mass is 10.1. The van der Waals surface area contributed by atoms with Crippen molar-refractivity contribution in [3.05, 3.63) is 58.7 Å². The van der Waals surface area contributed by atoms with E-state index in [1.54, 1.807) is 0 Å². The van der Waals surface area contributed by atoms with Crippen molar-refractivity contribution >= 4 is 11.4 Å². The third-order valence-corrected chi connectivity index (χ3v) is 3.18. The lowest BCUT2D eigenvalue weighted by Gasteiger charge is -2.11. The standard InChI is InChI=1S/C16H12F6N2/c1-9-3-5-13(11(7-9)15(17,18)19)23-24-14-6-4-10(2)8-12(14)16(20,21)22/h3-8H,1-2H3. The Kier molecular flexibility index (Phi) is 4.68. The molecule has 0 radical (unpaired) electrons. The molecule has 0 aromatic heterocycles. The quantitative estimate of drug-likeness (QED) is 0.424. The molecular formula is C16H12F6N2. The average molecular weight is 346 g/mol. The van der Waals surface area contributed by atoms with Gasteiger partial charge in [-0.15, -0.1) is 10.2 Å². The minimum Gasteiger partial charge on any atom is -0.166 e. The van der Waals surface area contributed by atoms with Gasteiger partial charge in [-0.05, 0) is 38.1 Å². The highest BCUT2D eigenvalue weighted by molar-refractivity contribution is 5.52. The van der Waals surface area contributed by atoms with E-state index in [9.17, 15) is 26.3 Å². The van der Waals surface area contributed by atoms with E-state index >= 15 is 0 Å². The third-order valence-electron chi connectivity index (χ3n) is 3.18. The first-order valence-electron chi connectivity index (χ1n) is 6.76. The number of alkyl halides is 6. The lowest BCUT2D eigenvalue weighted by Crippen LogP contribution is -2.06. The molecule has 0 saturated heterocycles. The van der Waals surface area contributed by atoms with Crippen molar-refractivity contribution in [2.24, 2.45) is 10.2 Å². The molecule has 2 nitrogen and oxygen atoms in total. The van der Waals surface area contributed by atoms with Crippen molar-refractivity contribution in [2.45, 2.75) is 26.2 Å². The molecule has 0 aliphatic carbocycles. The van der Waals surface area contributed by atoms with E-state index in [1.807, 2.05) is 0 Å². The molecule has 0 atom stereocenters. The Morgan fingerprint density at radius 2 is 0.958 bits per heavy atom. The van der Waals surface area contributed by atoms with Gasteiger partial charge in [0.1, 0.15) is 0 Å². The SMILES string of the molecule is Cc1ccc(N=Nc2ccc(C)cc2C(F)(F)F)c(C(F)(F)F)c1. The van der Waals surface area contributed by atoms with Gasteiger partial charge in [0.25, 0.3) is 0 Å². The molecule has 0 fully saturated rings. The molecule has 0 heterocycles. The van der Waals surface area contributed by atoms with Crippen LogP contribution in [0.5, 0.6) is 0 Å². The summed E-state index contributed by atoms with van der Waals surface area (Å²) in [7, 11) is 0. The number of hydrogen-bond donors (Lipinski definition) is 0. The second kappa shape index (κ2) is 6.26. The van der Waals surface area contributed by atoms with E-state index in [1.165, 1.54) is 26.0 Å². The molecule has 0 amide bonds. The fraction of sp³-hybridized carbons (Fsp3) is 0.250. The van der Waals surface area contributed by atoms with Gasteiger partial charge >= 0.3 is 12.4 Å². The molecule has 0 unspecified atom stereocenters. The molecule has 2 aromatic carbocycles. The summed E-state index contributed by atoms with van der Waals surface area (Å²) in [5.74, 6) is 0. The molecule has 0 aliphatic heterocycles. The zero-order valence-corrected chi connectivity index (χ0v) is 12.6. The van der Waals surface area contributed by atoms with Gasteiger partial charge in [0.15, 0.2) is 0 Å². The van der Waals surface area contributed by atoms with Crippen molar-refractivity contribution in [2.75, 3.05) is 0 Å². The maximum absolute atomic E-state index is 13.0. The summed E-state index contributed by atoms with van der Waals surface area (Å²) in [6.45, 7) is 2.94. The van der Waals surface area contributed by atoms with Crippen LogP contribution in [0.25, 0.3) is 0 Å². The topological polar surface area (TPSA) is 24.7 Å². The monoisotopic (exact) mass is 346 g/mol. The van der Waals surface area contributed by atoms with Crippen molar-refractivity contribution in [3.8, 4) is 0 Å². The van der Waals surface area contributed by atoms with Crippen LogP contribution < -0.4 is 0 Å². The van der Waals surface area contributed by atoms with Crippen LogP contribution in [-0.2, 0) is 12.4 Å². The Morgan fingerprint density at radius 1 is 0.625 bits per heavy atom. The highest BCUT2D eigenvalue weighted by Crippen LogP contribution is 2.40. The summed E-state index contributed by atoms with van der Waals surface area (Å²) in [4.78, 5) is 0. The van der Waals surface area contributed by atoms with Crippen LogP contribution in [0, 0.1) is 13.8 Å². The summed E-state index contributed by atoms with van der Waals surface area (Å²) in [6, 6.07) is 6.64. The number of azo groups is 1. The van der Waals surface area contributed by atoms with Crippen LogP contribution >= 0.6 is 0 Å². The molecule has 0 aliphatic rings. The van der Waals surface area contributed by atoms with Crippen molar-refractivity contribution < 1.29 is 26.3 Å². The summed E-state index contributed by atoms with van der Waals surface area (Å²) in [5, 5.41) is 6.79. The average Bonchev–Trinajstić information content (AvgIpc) is 2.45. The van der Waals surface area contributed by atoms with E-state index < -0.39 is 34.9 Å². The van der Waals surface area contributed by atoms with E-state index in [2.05, 4.69) is 10.2 Å². The van der Waals surface area contributed by atoms with Crippen LogP contribution in [-0.4, -0.2) is 0 Å². The van der Waals surface area contributed by atoms with Crippen LogP contribution in [0.4, 0.5) is 37.7 Å². The molecule has 0 spiro atoms. The molecule has 8 heteroatoms. The van der Waals surface area contributed by atoms with Crippen LogP contribution in [0.1, 0.15) is 22.3 Å². The Balaban J connectivity index is 2.50. The summed E-state index contributed by atoms with van der Waals surface area (Å²) in [6.07, 6.45) is -9.36. The van der Waals surface area contributed by atoms with Gasteiger partial charge in [-0.25, -0.2) is 0 Å². The summed E-state index contributed by atoms with van der Waals surface area (Å²) < 4.78 is 78.0. The number of nitrogens with zero attached hydrogens (tertiary/aromatic N) is 2. The second-order valence-corrected chi connectivity index (χ2v) is 5.24. The smallest absolute Gasteiger partial charge is 0.166 e. The van der Waals surface area contributed by atoms with Gasteiger partial charge in [-0.3, -0.25) is 0 Å². The van der Waals surface area contributed by atoms with Gasteiger partial charge in [0, 0.05) is 0 Å². The second-order valence-electron chi connectivity index (χ2n) is 5.24. The van der Waals surface area contributed by atoms with Gasteiger partial charge in [0.05, 0.1) is 22.5 Å². The third kappa shape index (κ3) is 4.12. The Labute approximate surface area is 133 Å². The molecule has 2 rings (SSSR count). The largest absolute Gasteiger partial charge is 0.418 e. The number of benzene rings is 2. The van der Waals surface area contributed by atoms with Crippen LogP contribution in [0.3, 0.4) is 0 Å². The fourth-order valence-electron chi connectivity index (χ4n) is 2.04. The first kappa shape index (κ1) is 18.0. The number of hydrogen-bond acceptors (Lipinski definition) is 2. The molecule has 0 saturated carbocycles. The Hall–Kier alpha value is -2.38. The Bertz CT molecular complexity index is 710. The minimum absolute atomic E-state index is 0.354. The van der Waals surface area contributed by atoms with Crippen molar-refractivity contribution in [3.63, 3.8) is 0 Å². The Morgan fingerprint density at radius 3 is 1.25 bits per heavy atom. The molecule has 2 aromatic rings. The first-order chi connectivity index (χ1) is 11.0. The normalized spacial score (nSPS) is 12.8. The summed E-state index contributed by atoms with van der Waals surface area (Å²) >= 11 is 0. The molecule has 0 N–H and O–H groups in total. The van der Waals surface area contributed by atoms with Crippen LogP contribution in [0.2, 0.25) is 0 Å². The maximum atomic E-state index is 13.0. The van der Waals surface area contributed by atoms with Gasteiger partial charge in [-0.2, -0.15) is 26.3 Å². The van der Waals surface area contributed by atoms with E-state index in [0.29, 0.717) is 11.1 Å². The summed E-state index contributed by atoms with van der Waals surface area (Å²) in [5.41, 5.74) is -2.47. The number of rotatable bonds is 2. The van der Waals surface area contributed by atoms with E-state index in [0.717, 1.165) is 24.3 Å². The number of halogens is 6. The zero-order valence-electron chi connectivity index (χ0n) is 12.6. The van der Waals surface area contributed by atoms with Crippen LogP contribution in [0.15, 0.2) is 46.6 Å². The molecule has 0 bridgehead atoms. The van der Waals surface area contributed by atoms with Crippen molar-refractivity contribution in [1.29, 1.82) is 0 Å². The highest BCUT2D eigenvalue weighted by Gasteiger charge is 2.35. The molecule has 24 heavy (non-hydrogen) atoms.